The van der Waals surface area contributed by atoms with Crippen LogP contribution >= 0.6 is 0 Å². The molecular weight excluding hydrogens is 446 g/mol. The van der Waals surface area contributed by atoms with E-state index in [-0.39, 0.29) is 0 Å². The standard InChI is InChI=1S/C26H29N5O2S/c1-18-10-11-22(25-21(4)28-31-20(3)16-19(2)27-26(25)31)17-24(18)34(32,33)30-14-12-29(13-15-30)23-8-6-5-7-9-23/h5-11,16-17H,12-15H2,1-4H3. The van der Waals surface area contributed by atoms with E-state index in [4.69, 9.17) is 4.98 Å². The third kappa shape index (κ3) is 3.86. The molecule has 8 heteroatoms. The minimum Gasteiger partial charge on any atom is -0.369 e. The molecular formula is C26H29N5O2S. The quantitative estimate of drug-likeness (QED) is 0.444. The summed E-state index contributed by atoms with van der Waals surface area (Å²) in [6.07, 6.45) is 0. The van der Waals surface area contributed by atoms with Crippen molar-refractivity contribution in [1.29, 1.82) is 0 Å². The number of aryl methyl sites for hydroxylation is 4. The predicted molar refractivity (Wildman–Crippen MR) is 135 cm³/mol. The zero-order valence-corrected chi connectivity index (χ0v) is 20.8. The second-order valence-corrected chi connectivity index (χ2v) is 10.8. The van der Waals surface area contributed by atoms with E-state index in [0.29, 0.717) is 31.1 Å². The van der Waals surface area contributed by atoms with Crippen LogP contribution in [0.2, 0.25) is 0 Å². The summed E-state index contributed by atoms with van der Waals surface area (Å²) in [7, 11) is -3.64. The van der Waals surface area contributed by atoms with Gasteiger partial charge in [0.25, 0.3) is 0 Å². The van der Waals surface area contributed by atoms with E-state index in [1.807, 2.05) is 68.6 Å². The van der Waals surface area contributed by atoms with Crippen molar-refractivity contribution >= 4 is 21.4 Å². The fourth-order valence-electron chi connectivity index (χ4n) is 4.76. The number of anilines is 1. The monoisotopic (exact) mass is 475 g/mol. The van der Waals surface area contributed by atoms with Crippen LogP contribution in [0.5, 0.6) is 0 Å². The number of aromatic nitrogens is 3. The molecule has 7 nitrogen and oxygen atoms in total. The van der Waals surface area contributed by atoms with Gasteiger partial charge >= 0.3 is 0 Å². The summed E-state index contributed by atoms with van der Waals surface area (Å²) in [6, 6.07) is 17.8. The average molecular weight is 476 g/mol. The number of hydrogen-bond acceptors (Lipinski definition) is 5. The van der Waals surface area contributed by atoms with Gasteiger partial charge in [-0.1, -0.05) is 30.3 Å². The van der Waals surface area contributed by atoms with Gasteiger partial charge in [0.1, 0.15) is 0 Å². The Labute approximate surface area is 200 Å². The molecule has 0 N–H and O–H groups in total. The lowest BCUT2D eigenvalue weighted by Crippen LogP contribution is -2.48. The molecule has 0 atom stereocenters. The van der Waals surface area contributed by atoms with Gasteiger partial charge in [-0.3, -0.25) is 0 Å². The smallest absolute Gasteiger partial charge is 0.243 e. The molecule has 176 valence electrons. The van der Waals surface area contributed by atoms with E-state index < -0.39 is 10.0 Å². The fourth-order valence-corrected chi connectivity index (χ4v) is 6.44. The van der Waals surface area contributed by atoms with E-state index >= 15 is 0 Å². The van der Waals surface area contributed by atoms with Crippen LogP contribution in [0.3, 0.4) is 0 Å². The maximum absolute atomic E-state index is 13.7. The summed E-state index contributed by atoms with van der Waals surface area (Å²) in [6.45, 7) is 9.99. The zero-order chi connectivity index (χ0) is 24.0. The highest BCUT2D eigenvalue weighted by Gasteiger charge is 2.30. The third-order valence-corrected chi connectivity index (χ3v) is 8.57. The van der Waals surface area contributed by atoms with Crippen LogP contribution < -0.4 is 4.90 Å². The van der Waals surface area contributed by atoms with Gasteiger partial charge in [-0.25, -0.2) is 17.9 Å². The highest BCUT2D eigenvalue weighted by atomic mass is 32.2. The lowest BCUT2D eigenvalue weighted by molar-refractivity contribution is 0.384. The summed E-state index contributed by atoms with van der Waals surface area (Å²) >= 11 is 0. The predicted octanol–water partition coefficient (Wildman–Crippen LogP) is 4.14. The van der Waals surface area contributed by atoms with Gasteiger partial charge in [-0.15, -0.1) is 0 Å². The number of nitrogens with zero attached hydrogens (tertiary/aromatic N) is 5. The van der Waals surface area contributed by atoms with Crippen molar-refractivity contribution < 1.29 is 8.42 Å². The molecule has 0 saturated carbocycles. The molecule has 0 aliphatic carbocycles. The molecule has 5 rings (SSSR count). The molecule has 1 aliphatic heterocycles. The first-order valence-electron chi connectivity index (χ1n) is 11.5. The first-order valence-corrected chi connectivity index (χ1v) is 12.9. The van der Waals surface area contributed by atoms with Gasteiger partial charge in [-0.05, 0) is 63.1 Å². The first-order chi connectivity index (χ1) is 16.3. The Morgan fingerprint density at radius 2 is 1.56 bits per heavy atom. The molecule has 0 spiro atoms. The first kappa shape index (κ1) is 22.6. The number of piperazine rings is 1. The van der Waals surface area contributed by atoms with Crippen molar-refractivity contribution in [2.45, 2.75) is 32.6 Å². The molecule has 1 aliphatic rings. The van der Waals surface area contributed by atoms with Gasteiger partial charge in [0, 0.05) is 48.8 Å². The molecule has 4 aromatic rings. The van der Waals surface area contributed by atoms with Crippen molar-refractivity contribution in [2.24, 2.45) is 0 Å². The van der Waals surface area contributed by atoms with E-state index in [9.17, 15) is 8.42 Å². The molecule has 0 amide bonds. The average Bonchev–Trinajstić information content (AvgIpc) is 3.16. The van der Waals surface area contributed by atoms with Crippen molar-refractivity contribution in [3.63, 3.8) is 0 Å². The molecule has 2 aromatic carbocycles. The van der Waals surface area contributed by atoms with Crippen molar-refractivity contribution in [3.8, 4) is 11.1 Å². The maximum atomic E-state index is 13.7. The molecule has 1 fully saturated rings. The Bertz CT molecular complexity index is 1470. The molecule has 0 bridgehead atoms. The number of hydrogen-bond donors (Lipinski definition) is 0. The van der Waals surface area contributed by atoms with Crippen LogP contribution in [0.4, 0.5) is 5.69 Å². The summed E-state index contributed by atoms with van der Waals surface area (Å²) in [4.78, 5) is 7.29. The number of benzene rings is 2. The number of fused-ring (bicyclic) bond motifs is 1. The van der Waals surface area contributed by atoms with Crippen LogP contribution in [0.15, 0.2) is 59.5 Å². The Hall–Kier alpha value is -3.23. The van der Waals surface area contributed by atoms with Gasteiger partial charge < -0.3 is 4.90 Å². The number of sulfonamides is 1. The van der Waals surface area contributed by atoms with Crippen LogP contribution in [0.25, 0.3) is 16.8 Å². The summed E-state index contributed by atoms with van der Waals surface area (Å²) in [5.74, 6) is 0. The Morgan fingerprint density at radius 3 is 2.26 bits per heavy atom. The second-order valence-electron chi connectivity index (χ2n) is 8.94. The summed E-state index contributed by atoms with van der Waals surface area (Å²) in [5.41, 5.74) is 7.02. The Morgan fingerprint density at radius 1 is 0.853 bits per heavy atom. The fraction of sp³-hybridized carbons (Fsp3) is 0.308. The van der Waals surface area contributed by atoms with Crippen molar-refractivity contribution in [2.75, 3.05) is 31.1 Å². The number of rotatable bonds is 4. The maximum Gasteiger partial charge on any atom is 0.243 e. The largest absolute Gasteiger partial charge is 0.369 e. The van der Waals surface area contributed by atoms with Crippen LogP contribution in [0, 0.1) is 27.7 Å². The van der Waals surface area contributed by atoms with Crippen LogP contribution in [-0.4, -0.2) is 53.5 Å². The second kappa shape index (κ2) is 8.52. The topological polar surface area (TPSA) is 70.8 Å². The van der Waals surface area contributed by atoms with Gasteiger partial charge in [0.2, 0.25) is 10.0 Å². The van der Waals surface area contributed by atoms with Gasteiger partial charge in [-0.2, -0.15) is 9.40 Å². The number of para-hydroxylation sites is 1. The summed E-state index contributed by atoms with van der Waals surface area (Å²) in [5, 5.41) is 4.66. The summed E-state index contributed by atoms with van der Waals surface area (Å²) < 4.78 is 30.8. The highest BCUT2D eigenvalue weighted by molar-refractivity contribution is 7.89. The van der Waals surface area contributed by atoms with E-state index in [1.165, 1.54) is 0 Å². The SMILES string of the molecule is Cc1cc(C)n2nc(C)c(-c3ccc(C)c(S(=O)(=O)N4CCN(c5ccccc5)CC4)c3)c2n1. The van der Waals surface area contributed by atoms with Crippen LogP contribution in [0.1, 0.15) is 22.6 Å². The molecule has 3 heterocycles. The third-order valence-electron chi connectivity index (χ3n) is 6.52. The van der Waals surface area contributed by atoms with E-state index in [1.54, 1.807) is 10.4 Å². The van der Waals surface area contributed by atoms with Crippen LogP contribution in [-0.2, 0) is 10.0 Å². The lowest BCUT2D eigenvalue weighted by atomic mass is 10.0. The normalized spacial score (nSPS) is 15.2. The van der Waals surface area contributed by atoms with E-state index in [0.717, 1.165) is 45.1 Å². The van der Waals surface area contributed by atoms with Crippen molar-refractivity contribution in [1.82, 2.24) is 18.9 Å². The highest BCUT2D eigenvalue weighted by Crippen LogP contribution is 2.32. The minimum absolute atomic E-state index is 0.348. The Kier molecular flexibility index (Phi) is 5.65. The minimum atomic E-state index is -3.64. The molecule has 2 aromatic heterocycles. The zero-order valence-electron chi connectivity index (χ0n) is 20.0. The lowest BCUT2D eigenvalue weighted by Gasteiger charge is -2.35. The van der Waals surface area contributed by atoms with Crippen molar-refractivity contribution in [3.05, 3.63) is 77.2 Å². The Balaban J connectivity index is 1.49. The molecule has 34 heavy (non-hydrogen) atoms. The molecule has 0 radical (unpaired) electrons. The molecule has 1 saturated heterocycles. The van der Waals surface area contributed by atoms with E-state index in [2.05, 4.69) is 22.1 Å². The van der Waals surface area contributed by atoms with Gasteiger partial charge in [0.05, 0.1) is 10.6 Å². The molecule has 0 unspecified atom stereocenters. The van der Waals surface area contributed by atoms with Gasteiger partial charge in [0.15, 0.2) is 5.65 Å².